The highest BCUT2D eigenvalue weighted by atomic mass is 33.2. The summed E-state index contributed by atoms with van der Waals surface area (Å²) in [5, 5.41) is -1.88. The van der Waals surface area contributed by atoms with E-state index in [0.29, 0.717) is 6.42 Å². The first-order chi connectivity index (χ1) is 11.6. The predicted octanol–water partition coefficient (Wildman–Crippen LogP) is 6.50. The molecule has 3 rings (SSSR count). The molecule has 3 unspecified atom stereocenters. The highest BCUT2D eigenvalue weighted by Gasteiger charge is 2.52. The number of benzene rings is 1. The topological polar surface area (TPSA) is 0 Å². The van der Waals surface area contributed by atoms with Crippen molar-refractivity contribution < 1.29 is 22.0 Å². The minimum atomic E-state index is -2.11. The molecule has 1 aliphatic heterocycles. The van der Waals surface area contributed by atoms with Gasteiger partial charge in [0, 0.05) is 15.1 Å². The molecule has 5 atom stereocenters. The van der Waals surface area contributed by atoms with Crippen molar-refractivity contribution in [3.63, 3.8) is 0 Å². The molecule has 25 heavy (non-hydrogen) atoms. The Hall–Kier alpha value is -0.0400. The van der Waals surface area contributed by atoms with E-state index in [-0.39, 0.29) is 15.9 Å². The van der Waals surface area contributed by atoms with Crippen molar-refractivity contribution in [1.82, 2.24) is 0 Å². The lowest BCUT2D eigenvalue weighted by Gasteiger charge is -2.42. The van der Waals surface area contributed by atoms with Gasteiger partial charge in [0.25, 0.3) is 0 Å². The van der Waals surface area contributed by atoms with E-state index in [0.717, 1.165) is 18.4 Å². The quantitative estimate of drug-likeness (QED) is 0.142. The zero-order valence-corrected chi connectivity index (χ0v) is 17.2. The molecule has 0 nitrogen and oxygen atoms in total. The molecule has 1 saturated heterocycles. The van der Waals surface area contributed by atoms with Crippen LogP contribution >= 0.6 is 27.0 Å². The highest BCUT2D eigenvalue weighted by Crippen LogP contribution is 2.82. The van der Waals surface area contributed by atoms with Crippen LogP contribution < -0.4 is 0 Å². The van der Waals surface area contributed by atoms with Crippen LogP contribution in [0.4, 0.5) is 22.0 Å². The molecule has 2 aliphatic rings. The lowest BCUT2D eigenvalue weighted by Crippen LogP contribution is -2.38. The maximum absolute atomic E-state index is 14.4. The normalized spacial score (nSPS) is 36.3. The van der Waals surface area contributed by atoms with Gasteiger partial charge in [-0.2, -0.15) is 10.5 Å². The molecule has 0 N–H and O–H groups in total. The second-order valence-corrected chi connectivity index (χ2v) is 18.7. The Balaban J connectivity index is 2.14. The molecule has 0 radical (unpaired) electrons. The third-order valence-corrected chi connectivity index (χ3v) is 19.0. The smallest absolute Gasteiger partial charge is 0.200 e. The first-order valence-electron chi connectivity index (χ1n) is 7.77. The second-order valence-electron chi connectivity index (χ2n) is 6.80. The Labute approximate surface area is 155 Å². The molecule has 1 aromatic rings. The standard InChI is InChI=1S/C16H18F5PS3/c1-7(2)8-4-5-16(3)9(6-8)25(22(23)24-16)15-13(20)11(18)10(17)12(19)14(15)21/h8-9,22,25H,1,4-6H2,2-3H3/t8-,9?,16+/m1/s1. The van der Waals surface area contributed by atoms with E-state index in [1.165, 1.54) is 0 Å². The van der Waals surface area contributed by atoms with Crippen molar-refractivity contribution in [2.75, 3.05) is 0 Å². The van der Waals surface area contributed by atoms with E-state index in [9.17, 15) is 22.0 Å². The van der Waals surface area contributed by atoms with Gasteiger partial charge in [-0.15, -0.1) is 11.4 Å². The van der Waals surface area contributed by atoms with Gasteiger partial charge in [0.05, 0.1) is 4.90 Å². The van der Waals surface area contributed by atoms with E-state index >= 15 is 0 Å². The minimum absolute atomic E-state index is 0.150. The van der Waals surface area contributed by atoms with Crippen LogP contribution in [0.1, 0.15) is 33.1 Å². The fourth-order valence-corrected chi connectivity index (χ4v) is 21.9. The molecule has 1 saturated carbocycles. The summed E-state index contributed by atoms with van der Waals surface area (Å²) in [6.45, 7) is 7.90. The molecule has 0 amide bonds. The molecule has 1 heterocycles. The number of allylic oxidation sites excluding steroid dienone is 1. The summed E-state index contributed by atoms with van der Waals surface area (Å²) in [5.74, 6) is -9.04. The predicted molar refractivity (Wildman–Crippen MR) is 101 cm³/mol. The van der Waals surface area contributed by atoms with Crippen molar-refractivity contribution in [1.29, 1.82) is 0 Å². The van der Waals surface area contributed by atoms with Gasteiger partial charge < -0.3 is 0 Å². The van der Waals surface area contributed by atoms with Gasteiger partial charge in [-0.05, 0) is 39.0 Å². The highest BCUT2D eigenvalue weighted by molar-refractivity contribution is 9.00. The van der Waals surface area contributed by atoms with E-state index in [4.69, 9.17) is 11.8 Å². The van der Waals surface area contributed by atoms with Gasteiger partial charge in [0.1, 0.15) is 0 Å². The van der Waals surface area contributed by atoms with Crippen LogP contribution in [0.5, 0.6) is 0 Å². The van der Waals surface area contributed by atoms with Crippen LogP contribution in [0.25, 0.3) is 0 Å². The molecule has 0 bridgehead atoms. The largest absolute Gasteiger partial charge is 0.202 e. The van der Waals surface area contributed by atoms with Crippen LogP contribution in [0.15, 0.2) is 17.0 Å². The number of fused-ring (bicyclic) bond motifs is 1. The summed E-state index contributed by atoms with van der Waals surface area (Å²) in [5.41, 5.74) is 0.990. The maximum Gasteiger partial charge on any atom is 0.200 e. The fraction of sp³-hybridized carbons (Fsp3) is 0.500. The molecule has 1 aromatic carbocycles. The van der Waals surface area contributed by atoms with E-state index in [1.54, 1.807) is 11.4 Å². The molecule has 9 heteroatoms. The summed E-state index contributed by atoms with van der Waals surface area (Å²) >= 11 is 7.08. The van der Waals surface area contributed by atoms with Crippen molar-refractivity contribution in [2.24, 2.45) is 5.92 Å². The Morgan fingerprint density at radius 1 is 1.16 bits per heavy atom. The van der Waals surface area contributed by atoms with Gasteiger partial charge in [0.15, 0.2) is 23.3 Å². The van der Waals surface area contributed by atoms with Gasteiger partial charge in [-0.25, -0.2) is 22.0 Å². The summed E-state index contributed by atoms with van der Waals surface area (Å²) < 4.78 is 69.4. The molecular formula is C16H18F5PS3. The van der Waals surface area contributed by atoms with Gasteiger partial charge >= 0.3 is 0 Å². The zero-order valence-electron chi connectivity index (χ0n) is 13.6. The molecule has 1 aliphatic carbocycles. The lowest BCUT2D eigenvalue weighted by molar-refractivity contribution is 0.352. The lowest BCUT2D eigenvalue weighted by atomic mass is 9.79. The minimum Gasteiger partial charge on any atom is -0.202 e. The van der Waals surface area contributed by atoms with Crippen LogP contribution in [0, 0.1) is 35.0 Å². The van der Waals surface area contributed by atoms with E-state index < -0.39 is 49.6 Å². The SMILES string of the molecule is C=C(C)[C@@H]1CC[C@]2(C)S[PH](=S)[SH](c3c(F)c(F)c(F)c(F)c3F)C2C1. The summed E-state index contributed by atoms with van der Waals surface area (Å²) in [6, 6.07) is 0. The fourth-order valence-electron chi connectivity index (χ4n) is 3.64. The van der Waals surface area contributed by atoms with Gasteiger partial charge in [-0.1, -0.05) is 24.0 Å². The van der Waals surface area contributed by atoms with Crippen LogP contribution in [0.2, 0.25) is 0 Å². The van der Waals surface area contributed by atoms with Crippen LogP contribution in [-0.4, -0.2) is 10.00 Å². The third kappa shape index (κ3) is 3.11. The Morgan fingerprint density at radius 3 is 2.20 bits per heavy atom. The van der Waals surface area contributed by atoms with Crippen molar-refractivity contribution >= 4 is 38.8 Å². The average molecular weight is 432 g/mol. The maximum atomic E-state index is 14.4. The van der Waals surface area contributed by atoms with Crippen molar-refractivity contribution in [2.45, 2.75) is 48.0 Å². The first-order valence-corrected chi connectivity index (χ1v) is 14.2. The van der Waals surface area contributed by atoms with Crippen molar-refractivity contribution in [3.05, 3.63) is 41.2 Å². The van der Waals surface area contributed by atoms with Crippen LogP contribution in [-0.2, 0) is 11.8 Å². The first kappa shape index (κ1) is 19.7. The molecule has 0 aromatic heterocycles. The van der Waals surface area contributed by atoms with Crippen molar-refractivity contribution in [3.8, 4) is 0 Å². The van der Waals surface area contributed by atoms with E-state index in [1.807, 2.05) is 13.8 Å². The molecule has 0 spiro atoms. The van der Waals surface area contributed by atoms with Gasteiger partial charge in [0.2, 0.25) is 5.82 Å². The van der Waals surface area contributed by atoms with Crippen LogP contribution in [0.3, 0.4) is 0 Å². The molecule has 140 valence electrons. The van der Waals surface area contributed by atoms with E-state index in [2.05, 4.69) is 6.58 Å². The Morgan fingerprint density at radius 2 is 1.68 bits per heavy atom. The number of halogens is 5. The second kappa shape index (κ2) is 6.84. The molecule has 2 fully saturated rings. The zero-order chi connectivity index (χ0) is 18.7. The number of thiol groups is 1. The number of rotatable bonds is 2. The Bertz CT molecular complexity index is 755. The van der Waals surface area contributed by atoms with Gasteiger partial charge in [-0.3, -0.25) is 0 Å². The third-order valence-electron chi connectivity index (χ3n) is 5.16. The molecular weight excluding hydrogens is 414 g/mol. The monoisotopic (exact) mass is 432 g/mol. The average Bonchev–Trinajstić information content (AvgIpc) is 2.81. The Kier molecular flexibility index (Phi) is 5.40. The summed E-state index contributed by atoms with van der Waals surface area (Å²) in [4.78, 5) is -0.640. The number of hydrogen-bond acceptors (Lipinski definition) is 2. The number of hydrogen-bond donors (Lipinski definition) is 1. The summed E-state index contributed by atoms with van der Waals surface area (Å²) in [6.07, 6.45) is 2.38. The summed E-state index contributed by atoms with van der Waals surface area (Å²) in [7, 11) is -1.60.